The van der Waals surface area contributed by atoms with Gasteiger partial charge in [0.25, 0.3) is 0 Å². The van der Waals surface area contributed by atoms with E-state index in [2.05, 4.69) is 5.32 Å². The number of nitrogens with one attached hydrogen (secondary N) is 1. The Kier molecular flexibility index (Phi) is 6.05. The lowest BCUT2D eigenvalue weighted by molar-refractivity contribution is -0.136. The van der Waals surface area contributed by atoms with Gasteiger partial charge in [0.1, 0.15) is 5.82 Å². The molecule has 32 heavy (non-hydrogen) atoms. The molecule has 2 aliphatic rings. The first-order chi connectivity index (χ1) is 15.2. The molecule has 1 unspecified atom stereocenters. The van der Waals surface area contributed by atoms with E-state index in [1.54, 1.807) is 17.0 Å². The first kappa shape index (κ1) is 22.4. The van der Waals surface area contributed by atoms with Crippen LogP contribution in [0.2, 0.25) is 0 Å². The Hall–Kier alpha value is -2.78. The fourth-order valence-electron chi connectivity index (χ4n) is 4.20. The van der Waals surface area contributed by atoms with Crippen molar-refractivity contribution in [1.82, 2.24) is 9.21 Å². The average molecular weight is 460 g/mol. The summed E-state index contributed by atoms with van der Waals surface area (Å²) in [7, 11) is -3.65. The van der Waals surface area contributed by atoms with Gasteiger partial charge in [-0.2, -0.15) is 4.31 Å². The molecule has 2 aromatic rings. The van der Waals surface area contributed by atoms with Crippen LogP contribution in [-0.2, 0) is 19.6 Å². The second kappa shape index (κ2) is 8.63. The molecule has 2 aromatic carbocycles. The molecule has 0 bridgehead atoms. The van der Waals surface area contributed by atoms with Crippen LogP contribution in [0.25, 0.3) is 0 Å². The number of benzene rings is 2. The fourth-order valence-corrected chi connectivity index (χ4v) is 5.62. The predicted molar refractivity (Wildman–Crippen MR) is 118 cm³/mol. The quantitative estimate of drug-likeness (QED) is 0.762. The summed E-state index contributed by atoms with van der Waals surface area (Å²) in [5.41, 5.74) is 1.96. The monoisotopic (exact) mass is 459 g/mol. The highest BCUT2D eigenvalue weighted by Gasteiger charge is 2.36. The van der Waals surface area contributed by atoms with Gasteiger partial charge in [-0.1, -0.05) is 32.0 Å². The van der Waals surface area contributed by atoms with Crippen LogP contribution in [0.15, 0.2) is 47.4 Å². The van der Waals surface area contributed by atoms with Gasteiger partial charge < -0.3 is 10.2 Å². The van der Waals surface area contributed by atoms with Crippen LogP contribution in [0.1, 0.15) is 43.2 Å². The summed E-state index contributed by atoms with van der Waals surface area (Å²) < 4.78 is 41.0. The molecule has 0 aliphatic carbocycles. The van der Waals surface area contributed by atoms with E-state index in [1.165, 1.54) is 22.5 Å². The van der Waals surface area contributed by atoms with Crippen LogP contribution in [0.3, 0.4) is 0 Å². The Labute approximate surface area is 187 Å². The van der Waals surface area contributed by atoms with Crippen LogP contribution in [0, 0.1) is 5.82 Å². The van der Waals surface area contributed by atoms with Crippen molar-refractivity contribution in [2.75, 3.05) is 31.5 Å². The van der Waals surface area contributed by atoms with Gasteiger partial charge in [-0.05, 0) is 41.3 Å². The van der Waals surface area contributed by atoms with Gasteiger partial charge >= 0.3 is 0 Å². The third-order valence-corrected chi connectivity index (χ3v) is 8.00. The topological polar surface area (TPSA) is 86.8 Å². The number of hydrogen-bond acceptors (Lipinski definition) is 4. The van der Waals surface area contributed by atoms with Crippen molar-refractivity contribution in [3.8, 4) is 0 Å². The largest absolute Gasteiger partial charge is 0.340 e. The van der Waals surface area contributed by atoms with E-state index in [4.69, 9.17) is 0 Å². The maximum absolute atomic E-state index is 13.6. The number of sulfonamides is 1. The van der Waals surface area contributed by atoms with Crippen LogP contribution in [0.4, 0.5) is 10.1 Å². The molecule has 0 aromatic heterocycles. The lowest BCUT2D eigenvalue weighted by atomic mass is 9.89. The van der Waals surface area contributed by atoms with Gasteiger partial charge in [0, 0.05) is 38.3 Å². The second-order valence-corrected chi connectivity index (χ2v) is 10.4. The molecule has 0 radical (unpaired) electrons. The zero-order valence-electron chi connectivity index (χ0n) is 18.0. The standard InChI is InChI=1S/C23H26FN3O4S/c1-15(2)16-3-6-18(7-4-16)32(30,31)27-11-9-26(10-12-27)23(29)20-14-22(28)25-21-13-17(24)5-8-19(20)21/h3-8,13,15,20H,9-12,14H2,1-2H3,(H,25,28). The summed E-state index contributed by atoms with van der Waals surface area (Å²) in [5.74, 6) is -1.47. The third-order valence-electron chi connectivity index (χ3n) is 6.09. The highest BCUT2D eigenvalue weighted by atomic mass is 32.2. The normalized spacial score (nSPS) is 19.6. The molecule has 1 atom stereocenters. The van der Waals surface area contributed by atoms with Crippen LogP contribution >= 0.6 is 0 Å². The predicted octanol–water partition coefficient (Wildman–Crippen LogP) is 2.91. The molecule has 0 spiro atoms. The molecule has 7 nitrogen and oxygen atoms in total. The first-order valence-electron chi connectivity index (χ1n) is 10.6. The second-order valence-electron chi connectivity index (χ2n) is 8.49. The summed E-state index contributed by atoms with van der Waals surface area (Å²) in [4.78, 5) is 27.0. The van der Waals surface area contributed by atoms with E-state index in [1.807, 2.05) is 26.0 Å². The Morgan fingerprint density at radius 3 is 2.34 bits per heavy atom. The van der Waals surface area contributed by atoms with Gasteiger partial charge in [-0.25, -0.2) is 12.8 Å². The van der Waals surface area contributed by atoms with Gasteiger partial charge in [0.15, 0.2) is 0 Å². The molecular formula is C23H26FN3O4S. The zero-order valence-corrected chi connectivity index (χ0v) is 18.9. The number of rotatable bonds is 4. The Balaban J connectivity index is 1.46. The van der Waals surface area contributed by atoms with Gasteiger partial charge in [0.2, 0.25) is 21.8 Å². The number of amides is 2. The fraction of sp³-hybridized carbons (Fsp3) is 0.391. The van der Waals surface area contributed by atoms with E-state index < -0.39 is 21.8 Å². The summed E-state index contributed by atoms with van der Waals surface area (Å²) in [6.45, 7) is 4.91. The highest BCUT2D eigenvalue weighted by molar-refractivity contribution is 7.89. The van der Waals surface area contributed by atoms with Crippen LogP contribution in [-0.4, -0.2) is 55.6 Å². The first-order valence-corrected chi connectivity index (χ1v) is 12.1. The van der Waals surface area contributed by atoms with Crippen molar-refractivity contribution < 1.29 is 22.4 Å². The molecule has 4 rings (SSSR count). The molecule has 1 fully saturated rings. The number of carbonyl (C=O) groups is 2. The Morgan fingerprint density at radius 2 is 1.72 bits per heavy atom. The molecule has 1 N–H and O–H groups in total. The van der Waals surface area contributed by atoms with Gasteiger partial charge in [0.05, 0.1) is 10.8 Å². The molecule has 2 amide bonds. The summed E-state index contributed by atoms with van der Waals surface area (Å²) in [6, 6.07) is 10.9. The van der Waals surface area contributed by atoms with Crippen molar-refractivity contribution in [2.45, 2.75) is 37.0 Å². The van der Waals surface area contributed by atoms with Crippen LogP contribution < -0.4 is 5.32 Å². The number of halogens is 1. The molecule has 2 aliphatic heterocycles. The molecule has 0 saturated carbocycles. The zero-order chi connectivity index (χ0) is 23.0. The minimum Gasteiger partial charge on any atom is -0.340 e. The minimum atomic E-state index is -3.65. The van der Waals surface area contributed by atoms with Crippen molar-refractivity contribution >= 4 is 27.5 Å². The summed E-state index contributed by atoms with van der Waals surface area (Å²) in [5, 5.41) is 2.61. The lowest BCUT2D eigenvalue weighted by Gasteiger charge is -2.36. The maximum Gasteiger partial charge on any atom is 0.243 e. The van der Waals surface area contributed by atoms with E-state index in [0.29, 0.717) is 17.2 Å². The van der Waals surface area contributed by atoms with E-state index in [0.717, 1.165) is 5.56 Å². The van der Waals surface area contributed by atoms with Crippen molar-refractivity contribution in [1.29, 1.82) is 0 Å². The van der Waals surface area contributed by atoms with Crippen molar-refractivity contribution in [2.24, 2.45) is 0 Å². The number of fused-ring (bicyclic) bond motifs is 1. The minimum absolute atomic E-state index is 0.0157. The number of anilines is 1. The van der Waals surface area contributed by atoms with Crippen molar-refractivity contribution in [3.63, 3.8) is 0 Å². The third kappa shape index (κ3) is 4.27. The van der Waals surface area contributed by atoms with Gasteiger partial charge in [-0.3, -0.25) is 9.59 Å². The smallest absolute Gasteiger partial charge is 0.243 e. The van der Waals surface area contributed by atoms with Gasteiger partial charge in [-0.15, -0.1) is 0 Å². The van der Waals surface area contributed by atoms with Crippen LogP contribution in [0.5, 0.6) is 0 Å². The number of hydrogen-bond donors (Lipinski definition) is 1. The van der Waals surface area contributed by atoms with E-state index in [9.17, 15) is 22.4 Å². The SMILES string of the molecule is CC(C)c1ccc(S(=O)(=O)N2CCN(C(=O)C3CC(=O)Nc4cc(F)ccc43)CC2)cc1. The van der Waals surface area contributed by atoms with E-state index in [-0.39, 0.29) is 49.3 Å². The summed E-state index contributed by atoms with van der Waals surface area (Å²) in [6.07, 6.45) is -0.0157. The maximum atomic E-state index is 13.6. The molecular weight excluding hydrogens is 433 g/mol. The average Bonchev–Trinajstić information content (AvgIpc) is 2.78. The molecule has 1 saturated heterocycles. The number of carbonyl (C=O) groups excluding carboxylic acids is 2. The summed E-state index contributed by atoms with van der Waals surface area (Å²) >= 11 is 0. The Bertz CT molecular complexity index is 1140. The number of nitrogens with zero attached hydrogens (tertiary/aromatic N) is 2. The molecule has 170 valence electrons. The number of piperazine rings is 1. The van der Waals surface area contributed by atoms with Crippen molar-refractivity contribution in [3.05, 3.63) is 59.4 Å². The Morgan fingerprint density at radius 1 is 1.06 bits per heavy atom. The molecule has 2 heterocycles. The lowest BCUT2D eigenvalue weighted by Crippen LogP contribution is -2.52. The van der Waals surface area contributed by atoms with E-state index >= 15 is 0 Å². The highest BCUT2D eigenvalue weighted by Crippen LogP contribution is 2.34. The molecule has 9 heteroatoms.